The van der Waals surface area contributed by atoms with Gasteiger partial charge >= 0.3 is 17.9 Å². The molecule has 1 amide bonds. The maximum atomic E-state index is 13.6. The molecule has 9 nitrogen and oxygen atoms in total. The normalized spacial score (nSPS) is 16.1. The number of nitrogens with zero attached hydrogens (tertiary/aromatic N) is 1. The van der Waals surface area contributed by atoms with Gasteiger partial charge in [-0.1, -0.05) is 42.0 Å². The van der Waals surface area contributed by atoms with Crippen molar-refractivity contribution in [1.82, 2.24) is 0 Å². The van der Waals surface area contributed by atoms with Gasteiger partial charge in [0, 0.05) is 37.6 Å². The van der Waals surface area contributed by atoms with E-state index in [-0.39, 0.29) is 11.9 Å². The summed E-state index contributed by atoms with van der Waals surface area (Å²) in [5.41, 5.74) is 1.35. The number of ether oxygens (including phenoxy) is 3. The van der Waals surface area contributed by atoms with E-state index in [1.165, 1.54) is 32.9 Å². The molecule has 1 fully saturated rings. The van der Waals surface area contributed by atoms with E-state index >= 15 is 0 Å². The van der Waals surface area contributed by atoms with Crippen LogP contribution in [0.2, 0.25) is 0 Å². The number of benzene rings is 3. The Labute approximate surface area is 272 Å². The molecule has 10 heteroatoms. The number of anilines is 1. The van der Waals surface area contributed by atoms with Gasteiger partial charge in [-0.3, -0.25) is 19.2 Å². The first-order valence-corrected chi connectivity index (χ1v) is 14.8. The Kier molecular flexibility index (Phi) is 11.1. The first-order valence-electron chi connectivity index (χ1n) is 14.8. The first-order chi connectivity index (χ1) is 22.4. The molecule has 0 radical (unpaired) electrons. The van der Waals surface area contributed by atoms with Crippen LogP contribution in [0, 0.1) is 35.9 Å². The topological polar surface area (TPSA) is 119 Å². The summed E-state index contributed by atoms with van der Waals surface area (Å²) in [4.78, 5) is 49.8. The van der Waals surface area contributed by atoms with Gasteiger partial charge in [0.2, 0.25) is 5.91 Å². The highest BCUT2D eigenvalue weighted by atomic mass is 19.1. The van der Waals surface area contributed by atoms with Gasteiger partial charge in [0.15, 0.2) is 5.60 Å². The lowest BCUT2D eigenvalue weighted by molar-refractivity contribution is -0.154. The number of β-lactam (4-membered cyclic amide) rings is 1. The molecule has 1 aliphatic heterocycles. The largest absolute Gasteiger partial charge is 0.462 e. The number of amides is 1. The molecule has 0 aromatic heterocycles. The van der Waals surface area contributed by atoms with Crippen LogP contribution in [-0.4, -0.2) is 47.7 Å². The van der Waals surface area contributed by atoms with Crippen LogP contribution in [-0.2, 0) is 33.4 Å². The quantitative estimate of drug-likeness (QED) is 0.138. The molecule has 0 unspecified atom stereocenters. The number of terminal acetylenes is 1. The Morgan fingerprint density at radius 3 is 2.00 bits per heavy atom. The van der Waals surface area contributed by atoms with Crippen molar-refractivity contribution >= 4 is 29.5 Å². The fourth-order valence-electron chi connectivity index (χ4n) is 5.23. The summed E-state index contributed by atoms with van der Waals surface area (Å²) < 4.78 is 28.9. The van der Waals surface area contributed by atoms with Crippen LogP contribution >= 0.6 is 0 Å². The SMILES string of the molecule is C#Cc1ccc(N2C(=O)[C@H](CC[C@H](OC(C)=O)c3ccc(F)cc3)[C@H]2c2ccc(C#CC(O)(COC(C)=O)COC(C)=O)cc2)cc1. The number of hydrogen-bond donors (Lipinski definition) is 1. The molecule has 4 rings (SSSR count). The van der Waals surface area contributed by atoms with E-state index in [1.807, 2.05) is 12.1 Å². The third-order valence-corrected chi connectivity index (χ3v) is 7.54. The average Bonchev–Trinajstić information content (AvgIpc) is 3.05. The van der Waals surface area contributed by atoms with Gasteiger partial charge in [-0.25, -0.2) is 4.39 Å². The van der Waals surface area contributed by atoms with Gasteiger partial charge in [-0.15, -0.1) is 6.42 Å². The molecule has 242 valence electrons. The van der Waals surface area contributed by atoms with Crippen molar-refractivity contribution in [1.29, 1.82) is 0 Å². The van der Waals surface area contributed by atoms with E-state index in [1.54, 1.807) is 53.4 Å². The number of carbonyl (C=O) groups excluding carboxylic acids is 4. The molecule has 0 bridgehead atoms. The number of aliphatic hydroxyl groups is 1. The van der Waals surface area contributed by atoms with E-state index in [9.17, 15) is 28.7 Å². The number of halogens is 1. The standard InChI is InChI=1S/C37H34FNO8/c1-5-27-8-16-32(17-9-27)39-35(33(36(39)43)18-19-34(47-26(4)42)29-12-14-31(38)15-13-29)30-10-6-28(7-11-30)20-21-37(44,22-45-24(2)40)23-46-25(3)41/h1,6-17,33-35,44H,18-19,22-23H2,2-4H3/t33-,34+,35-/m1/s1. The Morgan fingerprint density at radius 1 is 0.894 bits per heavy atom. The Hall–Kier alpha value is -5.45. The summed E-state index contributed by atoms with van der Waals surface area (Å²) in [5.74, 6) is 5.30. The minimum absolute atomic E-state index is 0.117. The van der Waals surface area contributed by atoms with Crippen LogP contribution in [0.5, 0.6) is 0 Å². The van der Waals surface area contributed by atoms with Crippen molar-refractivity contribution in [2.45, 2.75) is 51.4 Å². The summed E-state index contributed by atoms with van der Waals surface area (Å²) in [6.07, 6.45) is 5.55. The highest BCUT2D eigenvalue weighted by molar-refractivity contribution is 6.03. The lowest BCUT2D eigenvalue weighted by Crippen LogP contribution is -2.55. The van der Waals surface area contributed by atoms with E-state index in [4.69, 9.17) is 20.6 Å². The average molecular weight is 640 g/mol. The lowest BCUT2D eigenvalue weighted by atomic mass is 9.78. The second-order valence-corrected chi connectivity index (χ2v) is 11.1. The fourth-order valence-corrected chi connectivity index (χ4v) is 5.23. The van der Waals surface area contributed by atoms with Crippen molar-refractivity contribution in [3.8, 4) is 24.2 Å². The molecule has 1 saturated heterocycles. The van der Waals surface area contributed by atoms with E-state index in [0.29, 0.717) is 35.2 Å². The first kappa shape index (κ1) is 34.4. The molecule has 0 aliphatic carbocycles. The minimum atomic E-state index is -1.92. The van der Waals surface area contributed by atoms with Crippen LogP contribution < -0.4 is 4.90 Å². The molecule has 1 heterocycles. The Bertz CT molecular complexity index is 1700. The zero-order chi connectivity index (χ0) is 34.1. The molecular weight excluding hydrogens is 605 g/mol. The fraction of sp³-hybridized carbons (Fsp3) is 0.297. The van der Waals surface area contributed by atoms with Crippen molar-refractivity contribution in [3.05, 3.63) is 101 Å². The summed E-state index contributed by atoms with van der Waals surface area (Å²) in [6, 6.07) is 19.5. The van der Waals surface area contributed by atoms with Crippen molar-refractivity contribution < 1.29 is 42.9 Å². The van der Waals surface area contributed by atoms with Gasteiger partial charge in [0.05, 0.1) is 12.0 Å². The molecule has 0 spiro atoms. The van der Waals surface area contributed by atoms with Gasteiger partial charge in [-0.05, 0) is 72.5 Å². The van der Waals surface area contributed by atoms with Crippen molar-refractivity contribution in [3.63, 3.8) is 0 Å². The molecule has 1 N–H and O–H groups in total. The molecule has 0 saturated carbocycles. The molecule has 3 aromatic rings. The van der Waals surface area contributed by atoms with Gasteiger partial charge in [0.1, 0.15) is 25.1 Å². The maximum absolute atomic E-state index is 13.6. The van der Waals surface area contributed by atoms with Crippen LogP contribution in [0.4, 0.5) is 10.1 Å². The van der Waals surface area contributed by atoms with Crippen molar-refractivity contribution in [2.75, 3.05) is 18.1 Å². The number of hydrogen-bond acceptors (Lipinski definition) is 8. The molecule has 3 atom stereocenters. The summed E-state index contributed by atoms with van der Waals surface area (Å²) in [6.45, 7) is 2.68. The van der Waals surface area contributed by atoms with Crippen LogP contribution in [0.1, 0.15) is 68.0 Å². The van der Waals surface area contributed by atoms with Gasteiger partial charge in [0.25, 0.3) is 0 Å². The van der Waals surface area contributed by atoms with E-state index < -0.39 is 54.6 Å². The summed E-state index contributed by atoms with van der Waals surface area (Å²) in [7, 11) is 0. The van der Waals surface area contributed by atoms with Crippen LogP contribution in [0.25, 0.3) is 0 Å². The third-order valence-electron chi connectivity index (χ3n) is 7.54. The summed E-state index contributed by atoms with van der Waals surface area (Å²) >= 11 is 0. The second-order valence-electron chi connectivity index (χ2n) is 11.1. The maximum Gasteiger partial charge on any atom is 0.303 e. The molecule has 3 aromatic carbocycles. The zero-order valence-electron chi connectivity index (χ0n) is 26.2. The Morgan fingerprint density at radius 2 is 1.47 bits per heavy atom. The monoisotopic (exact) mass is 639 g/mol. The van der Waals surface area contributed by atoms with E-state index in [2.05, 4.69) is 17.8 Å². The number of esters is 3. The summed E-state index contributed by atoms with van der Waals surface area (Å²) in [5, 5.41) is 10.8. The predicted octanol–water partition coefficient (Wildman–Crippen LogP) is 4.80. The second kappa shape index (κ2) is 15.2. The third kappa shape index (κ3) is 9.06. The zero-order valence-corrected chi connectivity index (χ0v) is 26.2. The number of carbonyl (C=O) groups is 4. The predicted molar refractivity (Wildman–Crippen MR) is 170 cm³/mol. The highest BCUT2D eigenvalue weighted by Gasteiger charge is 2.48. The molecule has 1 aliphatic rings. The van der Waals surface area contributed by atoms with Crippen LogP contribution in [0.3, 0.4) is 0 Å². The van der Waals surface area contributed by atoms with Gasteiger partial charge in [-0.2, -0.15) is 0 Å². The minimum Gasteiger partial charge on any atom is -0.462 e. The smallest absolute Gasteiger partial charge is 0.303 e. The highest BCUT2D eigenvalue weighted by Crippen LogP contribution is 2.46. The lowest BCUT2D eigenvalue weighted by Gasteiger charge is -2.48. The number of rotatable bonds is 11. The van der Waals surface area contributed by atoms with Crippen LogP contribution in [0.15, 0.2) is 72.8 Å². The molecule has 47 heavy (non-hydrogen) atoms. The molecular formula is C37H34FNO8. The van der Waals surface area contributed by atoms with Crippen molar-refractivity contribution in [2.24, 2.45) is 5.92 Å². The van der Waals surface area contributed by atoms with Gasteiger partial charge < -0.3 is 24.2 Å². The van der Waals surface area contributed by atoms with E-state index in [0.717, 1.165) is 5.56 Å². The Balaban J connectivity index is 1.60.